The first-order chi connectivity index (χ1) is 8.25. The lowest BCUT2D eigenvalue weighted by atomic mass is 10.1. The summed E-state index contributed by atoms with van der Waals surface area (Å²) in [6, 6.07) is 3.92. The molecule has 2 rings (SSSR count). The molecule has 0 unspecified atom stereocenters. The number of nitrogens with zero attached hydrogens (tertiary/aromatic N) is 1. The molecule has 0 aliphatic heterocycles. The molecule has 0 radical (unpaired) electrons. The van der Waals surface area contributed by atoms with Crippen LogP contribution in [0.3, 0.4) is 0 Å². The third kappa shape index (κ3) is 3.34. The number of hydrogen-bond acceptors (Lipinski definition) is 1. The van der Waals surface area contributed by atoms with Gasteiger partial charge in [-0.3, -0.25) is 4.79 Å². The van der Waals surface area contributed by atoms with E-state index in [4.69, 9.17) is 0 Å². The predicted octanol–water partition coefficient (Wildman–Crippen LogP) is 1.96. The molecule has 0 fully saturated rings. The van der Waals surface area contributed by atoms with Crippen LogP contribution in [0.15, 0.2) is 42.1 Å². The van der Waals surface area contributed by atoms with E-state index in [1.165, 1.54) is 5.57 Å². The molecule has 0 saturated heterocycles. The van der Waals surface area contributed by atoms with Crippen LogP contribution in [0.5, 0.6) is 0 Å². The quantitative estimate of drug-likeness (QED) is 0.843. The topological polar surface area (TPSA) is 34.0 Å². The largest absolute Gasteiger partial charge is 0.354 e. The Morgan fingerprint density at radius 2 is 2.35 bits per heavy atom. The minimum Gasteiger partial charge on any atom is -0.354 e. The van der Waals surface area contributed by atoms with Crippen molar-refractivity contribution in [1.82, 2.24) is 9.88 Å². The second-order valence-electron chi connectivity index (χ2n) is 4.32. The molecule has 1 amide bonds. The van der Waals surface area contributed by atoms with Crippen molar-refractivity contribution >= 4 is 5.91 Å². The molecular weight excluding hydrogens is 212 g/mol. The van der Waals surface area contributed by atoms with Crippen LogP contribution in [0.2, 0.25) is 0 Å². The molecule has 3 nitrogen and oxygen atoms in total. The van der Waals surface area contributed by atoms with Crippen LogP contribution in [-0.4, -0.2) is 17.0 Å². The fourth-order valence-electron chi connectivity index (χ4n) is 1.91. The summed E-state index contributed by atoms with van der Waals surface area (Å²) in [4.78, 5) is 11.7. The van der Waals surface area contributed by atoms with E-state index >= 15 is 0 Å². The number of aromatic nitrogens is 1. The summed E-state index contributed by atoms with van der Waals surface area (Å²) >= 11 is 0. The third-order valence-corrected chi connectivity index (χ3v) is 2.95. The zero-order chi connectivity index (χ0) is 12.1. The summed E-state index contributed by atoms with van der Waals surface area (Å²) in [5, 5.41) is 2.95. The molecule has 3 heteroatoms. The molecule has 1 aromatic rings. The van der Waals surface area contributed by atoms with Crippen molar-refractivity contribution in [3.05, 3.63) is 47.8 Å². The van der Waals surface area contributed by atoms with Gasteiger partial charge in [0.15, 0.2) is 0 Å². The first-order valence-electron chi connectivity index (χ1n) is 5.98. The summed E-state index contributed by atoms with van der Waals surface area (Å²) in [6.07, 6.45) is 11.0. The Balaban J connectivity index is 1.80. The Bertz CT molecular complexity index is 455. The summed E-state index contributed by atoms with van der Waals surface area (Å²) in [5.74, 6) is 0.0756. The van der Waals surface area contributed by atoms with Crippen molar-refractivity contribution in [2.75, 3.05) is 6.54 Å². The molecule has 0 aromatic carbocycles. The minimum atomic E-state index is 0.0756. The molecule has 0 spiro atoms. The number of rotatable bonds is 4. The molecule has 0 bridgehead atoms. The fraction of sp³-hybridized carbons (Fsp3) is 0.357. The lowest BCUT2D eigenvalue weighted by molar-refractivity contribution is -0.120. The second-order valence-corrected chi connectivity index (χ2v) is 4.32. The molecule has 1 aliphatic rings. The smallest absolute Gasteiger partial charge is 0.226 e. The number of hydrogen-bond donors (Lipinski definition) is 1. The lowest BCUT2D eigenvalue weighted by Gasteiger charge is -2.09. The SMILES string of the molecule is Cn1cccc1CC(=O)NCC1=CCCC=C1. The highest BCUT2D eigenvalue weighted by molar-refractivity contribution is 5.78. The van der Waals surface area contributed by atoms with Crippen molar-refractivity contribution in [3.63, 3.8) is 0 Å². The third-order valence-electron chi connectivity index (χ3n) is 2.95. The van der Waals surface area contributed by atoms with Crippen LogP contribution >= 0.6 is 0 Å². The van der Waals surface area contributed by atoms with Gasteiger partial charge in [-0.1, -0.05) is 18.2 Å². The highest BCUT2D eigenvalue weighted by atomic mass is 16.1. The van der Waals surface area contributed by atoms with Gasteiger partial charge in [0.25, 0.3) is 0 Å². The minimum absolute atomic E-state index is 0.0756. The van der Waals surface area contributed by atoms with Gasteiger partial charge in [0.2, 0.25) is 5.91 Å². The summed E-state index contributed by atoms with van der Waals surface area (Å²) in [6.45, 7) is 0.639. The first-order valence-corrected chi connectivity index (χ1v) is 5.98. The summed E-state index contributed by atoms with van der Waals surface area (Å²) in [5.41, 5.74) is 2.24. The number of carbonyl (C=O) groups excluding carboxylic acids is 1. The highest BCUT2D eigenvalue weighted by Crippen LogP contribution is 2.08. The number of carbonyl (C=O) groups is 1. The maximum atomic E-state index is 11.7. The Morgan fingerprint density at radius 1 is 1.47 bits per heavy atom. The molecule has 17 heavy (non-hydrogen) atoms. The molecule has 1 N–H and O–H groups in total. The van der Waals surface area contributed by atoms with Gasteiger partial charge >= 0.3 is 0 Å². The van der Waals surface area contributed by atoms with E-state index in [9.17, 15) is 4.79 Å². The van der Waals surface area contributed by atoms with Crippen LogP contribution in [-0.2, 0) is 18.3 Å². The average Bonchev–Trinajstić information content (AvgIpc) is 2.74. The zero-order valence-electron chi connectivity index (χ0n) is 10.1. The Hall–Kier alpha value is -1.77. The van der Waals surface area contributed by atoms with E-state index in [1.54, 1.807) is 0 Å². The number of amides is 1. The molecule has 1 aromatic heterocycles. The van der Waals surface area contributed by atoms with E-state index in [0.717, 1.165) is 18.5 Å². The summed E-state index contributed by atoms with van der Waals surface area (Å²) in [7, 11) is 1.95. The number of nitrogens with one attached hydrogen (secondary N) is 1. The van der Waals surface area contributed by atoms with Crippen molar-refractivity contribution in [2.45, 2.75) is 19.3 Å². The van der Waals surface area contributed by atoms with E-state index in [1.807, 2.05) is 29.9 Å². The highest BCUT2D eigenvalue weighted by Gasteiger charge is 2.06. The van der Waals surface area contributed by atoms with Gasteiger partial charge in [0, 0.05) is 25.5 Å². The maximum Gasteiger partial charge on any atom is 0.226 e. The van der Waals surface area contributed by atoms with Gasteiger partial charge in [-0.25, -0.2) is 0 Å². The van der Waals surface area contributed by atoms with Crippen molar-refractivity contribution < 1.29 is 4.79 Å². The number of aryl methyl sites for hydroxylation is 1. The van der Waals surface area contributed by atoms with Gasteiger partial charge in [0.05, 0.1) is 6.42 Å². The van der Waals surface area contributed by atoms with Crippen LogP contribution in [0.1, 0.15) is 18.5 Å². The lowest BCUT2D eigenvalue weighted by Crippen LogP contribution is -2.27. The molecule has 1 aliphatic carbocycles. The van der Waals surface area contributed by atoms with Gasteiger partial charge in [0.1, 0.15) is 0 Å². The zero-order valence-corrected chi connectivity index (χ0v) is 10.1. The number of allylic oxidation sites excluding steroid dienone is 2. The van der Waals surface area contributed by atoms with Crippen LogP contribution in [0.4, 0.5) is 0 Å². The molecular formula is C14H18N2O. The monoisotopic (exact) mass is 230 g/mol. The van der Waals surface area contributed by atoms with E-state index in [2.05, 4.69) is 23.5 Å². The van der Waals surface area contributed by atoms with Gasteiger partial charge in [-0.05, 0) is 30.5 Å². The van der Waals surface area contributed by atoms with Gasteiger partial charge in [-0.2, -0.15) is 0 Å². The predicted molar refractivity (Wildman–Crippen MR) is 68.6 cm³/mol. The maximum absolute atomic E-state index is 11.7. The normalized spacial score (nSPS) is 14.5. The Labute approximate surface area is 102 Å². The van der Waals surface area contributed by atoms with Crippen molar-refractivity contribution in [1.29, 1.82) is 0 Å². The summed E-state index contributed by atoms with van der Waals surface area (Å²) < 4.78 is 1.97. The molecule has 0 saturated carbocycles. The van der Waals surface area contributed by atoms with Crippen molar-refractivity contribution in [2.24, 2.45) is 7.05 Å². The average molecular weight is 230 g/mol. The van der Waals surface area contributed by atoms with E-state index in [-0.39, 0.29) is 5.91 Å². The van der Waals surface area contributed by atoms with Crippen LogP contribution < -0.4 is 5.32 Å². The van der Waals surface area contributed by atoms with E-state index in [0.29, 0.717) is 13.0 Å². The van der Waals surface area contributed by atoms with Gasteiger partial charge in [-0.15, -0.1) is 0 Å². The van der Waals surface area contributed by atoms with Crippen LogP contribution in [0.25, 0.3) is 0 Å². The standard InChI is InChI=1S/C14H18N2O/c1-16-9-5-8-13(16)10-14(17)15-11-12-6-3-2-4-7-12/h3,5-9H,2,4,10-11H2,1H3,(H,15,17). The fourth-order valence-corrected chi connectivity index (χ4v) is 1.91. The van der Waals surface area contributed by atoms with E-state index < -0.39 is 0 Å². The Kier molecular flexibility index (Phi) is 3.81. The van der Waals surface area contributed by atoms with Crippen molar-refractivity contribution in [3.8, 4) is 0 Å². The first kappa shape index (κ1) is 11.7. The van der Waals surface area contributed by atoms with Gasteiger partial charge < -0.3 is 9.88 Å². The molecule has 1 heterocycles. The Morgan fingerprint density at radius 3 is 3.00 bits per heavy atom. The molecule has 0 atom stereocenters. The second kappa shape index (κ2) is 5.53. The van der Waals surface area contributed by atoms with Crippen LogP contribution in [0, 0.1) is 0 Å². The molecule has 90 valence electrons.